The lowest BCUT2D eigenvalue weighted by Gasteiger charge is -2.28. The molecule has 0 aliphatic heterocycles. The molecule has 1 fully saturated rings. The Morgan fingerprint density at radius 1 is 1.19 bits per heavy atom. The van der Waals surface area contributed by atoms with Crippen LogP contribution in [-0.2, 0) is 16.4 Å². The summed E-state index contributed by atoms with van der Waals surface area (Å²) >= 11 is 1.57. The number of para-hydroxylation sites is 1. The highest BCUT2D eigenvalue weighted by Gasteiger charge is 2.28. The van der Waals surface area contributed by atoms with Crippen LogP contribution in [0.5, 0.6) is 0 Å². The van der Waals surface area contributed by atoms with E-state index in [1.54, 1.807) is 22.2 Å². The molecule has 2 N–H and O–H groups in total. The number of benzene rings is 1. The zero-order valence-corrected chi connectivity index (χ0v) is 18.5. The Morgan fingerprint density at radius 3 is 2.77 bits per heavy atom. The van der Waals surface area contributed by atoms with E-state index >= 15 is 0 Å². The van der Waals surface area contributed by atoms with Gasteiger partial charge in [-0.2, -0.15) is 9.97 Å². The molecule has 0 saturated heterocycles. The second-order valence-electron chi connectivity index (χ2n) is 7.80. The highest BCUT2D eigenvalue weighted by atomic mass is 32.2. The van der Waals surface area contributed by atoms with Crippen molar-refractivity contribution < 1.29 is 13.5 Å². The van der Waals surface area contributed by atoms with Crippen LogP contribution in [0.4, 0.5) is 5.82 Å². The summed E-state index contributed by atoms with van der Waals surface area (Å²) in [6.07, 6.45) is 5.66. The van der Waals surface area contributed by atoms with Gasteiger partial charge in [-0.15, -0.1) is 11.3 Å². The van der Waals surface area contributed by atoms with Gasteiger partial charge in [-0.05, 0) is 25.0 Å². The summed E-state index contributed by atoms with van der Waals surface area (Å²) in [5.41, 5.74) is 1.81. The molecule has 0 amide bonds. The molecule has 162 valence electrons. The van der Waals surface area contributed by atoms with Gasteiger partial charge in [0.25, 0.3) is 5.16 Å². The van der Waals surface area contributed by atoms with E-state index in [0.29, 0.717) is 29.9 Å². The molecule has 0 radical (unpaired) electrons. The Morgan fingerprint density at radius 2 is 2.00 bits per heavy atom. The topological polar surface area (TPSA) is 123 Å². The standard InChI is InChI=1S/C20H22N6O3S2/c1-31(28,29)20-24-18(21-10-16-23-12-6-2-5-9-15(12)30-16)17-19(25-20)26(11-22-17)13-7-3-4-8-14(13)27/h2,5-6,9,11,13-14,27H,3-4,7-8,10H2,1H3,(H,21,24,25)/t13?,14-/m0/s1. The maximum absolute atomic E-state index is 12.3. The quantitative estimate of drug-likeness (QED) is 0.438. The van der Waals surface area contributed by atoms with Crippen molar-refractivity contribution in [2.45, 2.75) is 49.5 Å². The lowest BCUT2D eigenvalue weighted by molar-refractivity contribution is 0.0770. The van der Waals surface area contributed by atoms with Crippen LogP contribution in [0.25, 0.3) is 21.4 Å². The van der Waals surface area contributed by atoms with Gasteiger partial charge in [0.05, 0.1) is 35.2 Å². The third-order valence-electron chi connectivity index (χ3n) is 5.53. The molecule has 3 aromatic heterocycles. The number of anilines is 1. The monoisotopic (exact) mass is 458 g/mol. The van der Waals surface area contributed by atoms with E-state index in [1.807, 2.05) is 24.3 Å². The molecule has 1 saturated carbocycles. The molecule has 1 aliphatic carbocycles. The Balaban J connectivity index is 1.54. The molecule has 11 heteroatoms. The third kappa shape index (κ3) is 3.88. The summed E-state index contributed by atoms with van der Waals surface area (Å²) in [6.45, 7) is 0.383. The number of thiazole rings is 1. The number of nitrogens with zero attached hydrogens (tertiary/aromatic N) is 5. The van der Waals surface area contributed by atoms with E-state index in [2.05, 4.69) is 25.3 Å². The number of hydrogen-bond donors (Lipinski definition) is 2. The van der Waals surface area contributed by atoms with Gasteiger partial charge < -0.3 is 15.0 Å². The molecule has 9 nitrogen and oxygen atoms in total. The van der Waals surface area contributed by atoms with E-state index in [1.165, 1.54) is 0 Å². The molecule has 1 unspecified atom stereocenters. The summed E-state index contributed by atoms with van der Waals surface area (Å²) in [4.78, 5) is 17.6. The maximum Gasteiger partial charge on any atom is 0.250 e. The predicted molar refractivity (Wildman–Crippen MR) is 119 cm³/mol. The average molecular weight is 459 g/mol. The van der Waals surface area contributed by atoms with Crippen LogP contribution in [0, 0.1) is 0 Å². The van der Waals surface area contributed by atoms with Crippen LogP contribution in [0.15, 0.2) is 35.7 Å². The van der Waals surface area contributed by atoms with Crippen molar-refractivity contribution in [2.75, 3.05) is 11.6 Å². The van der Waals surface area contributed by atoms with Crippen molar-refractivity contribution in [2.24, 2.45) is 0 Å². The van der Waals surface area contributed by atoms with Crippen LogP contribution < -0.4 is 5.32 Å². The first kappa shape index (κ1) is 20.3. The summed E-state index contributed by atoms with van der Waals surface area (Å²) in [5, 5.41) is 14.3. The van der Waals surface area contributed by atoms with Gasteiger partial charge in [0.15, 0.2) is 17.0 Å². The Kier molecular flexibility index (Phi) is 5.11. The van der Waals surface area contributed by atoms with Gasteiger partial charge in [-0.3, -0.25) is 0 Å². The number of fused-ring (bicyclic) bond motifs is 2. The van der Waals surface area contributed by atoms with Crippen LogP contribution in [0.2, 0.25) is 0 Å². The predicted octanol–water partition coefficient (Wildman–Crippen LogP) is 2.93. The molecule has 31 heavy (non-hydrogen) atoms. The average Bonchev–Trinajstić information content (AvgIpc) is 3.35. The number of sulfone groups is 1. The molecule has 0 spiro atoms. The number of imidazole rings is 1. The van der Waals surface area contributed by atoms with Crippen LogP contribution in [0.1, 0.15) is 36.7 Å². The lowest BCUT2D eigenvalue weighted by atomic mass is 9.92. The van der Waals surface area contributed by atoms with Crippen LogP contribution in [0.3, 0.4) is 0 Å². The Bertz CT molecular complexity index is 1330. The number of aliphatic hydroxyl groups is 1. The number of rotatable bonds is 5. The van der Waals surface area contributed by atoms with Crippen LogP contribution in [-0.4, -0.2) is 50.4 Å². The zero-order valence-electron chi connectivity index (χ0n) is 16.9. The summed E-state index contributed by atoms with van der Waals surface area (Å²) in [7, 11) is -3.64. The number of aromatic nitrogens is 5. The fourth-order valence-corrected chi connectivity index (χ4v) is 5.42. The maximum atomic E-state index is 12.3. The summed E-state index contributed by atoms with van der Waals surface area (Å²) < 4.78 is 27.4. The molecular weight excluding hydrogens is 436 g/mol. The van der Waals surface area contributed by atoms with Crippen molar-refractivity contribution >= 4 is 48.4 Å². The number of hydrogen-bond acceptors (Lipinski definition) is 9. The smallest absolute Gasteiger partial charge is 0.250 e. The van der Waals surface area contributed by atoms with Crippen molar-refractivity contribution in [3.05, 3.63) is 35.6 Å². The molecule has 0 bridgehead atoms. The van der Waals surface area contributed by atoms with Crippen molar-refractivity contribution in [1.82, 2.24) is 24.5 Å². The minimum atomic E-state index is -3.64. The van der Waals surface area contributed by atoms with Gasteiger partial charge >= 0.3 is 0 Å². The first-order chi connectivity index (χ1) is 14.9. The van der Waals surface area contributed by atoms with Gasteiger partial charge in [0.2, 0.25) is 9.84 Å². The molecule has 5 rings (SSSR count). The normalized spacial score (nSPS) is 19.8. The SMILES string of the molecule is CS(=O)(=O)c1nc(NCc2nc3ccccc3s2)c2ncn(C3CCCC[C@@H]3O)c2n1. The Hall–Kier alpha value is -2.63. The third-order valence-corrected chi connectivity index (χ3v) is 7.41. The van der Waals surface area contributed by atoms with Crippen molar-refractivity contribution in [3.63, 3.8) is 0 Å². The molecular formula is C20H22N6O3S2. The number of nitrogens with one attached hydrogen (secondary N) is 1. The molecule has 2 atom stereocenters. The minimum absolute atomic E-state index is 0.182. The van der Waals surface area contributed by atoms with Gasteiger partial charge in [-0.25, -0.2) is 18.4 Å². The van der Waals surface area contributed by atoms with Gasteiger partial charge in [0, 0.05) is 6.26 Å². The van der Waals surface area contributed by atoms with Gasteiger partial charge in [-0.1, -0.05) is 25.0 Å². The lowest BCUT2D eigenvalue weighted by Crippen LogP contribution is -2.27. The fraction of sp³-hybridized carbons (Fsp3) is 0.400. The van der Waals surface area contributed by atoms with E-state index in [4.69, 9.17) is 0 Å². The largest absolute Gasteiger partial charge is 0.391 e. The zero-order chi connectivity index (χ0) is 21.6. The summed E-state index contributed by atoms with van der Waals surface area (Å²) in [6, 6.07) is 7.70. The second-order valence-corrected chi connectivity index (χ2v) is 10.8. The second kappa shape index (κ2) is 7.81. The van der Waals surface area contributed by atoms with E-state index in [9.17, 15) is 13.5 Å². The molecule has 1 aromatic carbocycles. The fourth-order valence-electron chi connectivity index (χ4n) is 4.00. The van der Waals surface area contributed by atoms with Gasteiger partial charge in [0.1, 0.15) is 5.01 Å². The van der Waals surface area contributed by atoms with Crippen LogP contribution >= 0.6 is 11.3 Å². The van der Waals surface area contributed by atoms with Crippen molar-refractivity contribution in [1.29, 1.82) is 0 Å². The van der Waals surface area contributed by atoms with E-state index in [-0.39, 0.29) is 11.2 Å². The minimum Gasteiger partial charge on any atom is -0.391 e. The summed E-state index contributed by atoms with van der Waals surface area (Å²) in [5.74, 6) is 0.341. The highest BCUT2D eigenvalue weighted by Crippen LogP contribution is 2.32. The van der Waals surface area contributed by atoms with Crippen molar-refractivity contribution in [3.8, 4) is 0 Å². The molecule has 4 aromatic rings. The highest BCUT2D eigenvalue weighted by molar-refractivity contribution is 7.90. The first-order valence-corrected chi connectivity index (χ1v) is 12.8. The number of aliphatic hydroxyl groups excluding tert-OH is 1. The molecule has 3 heterocycles. The Labute approximate surface area is 183 Å². The molecule has 1 aliphatic rings. The van der Waals surface area contributed by atoms with E-state index < -0.39 is 15.9 Å². The van der Waals surface area contributed by atoms with E-state index in [0.717, 1.165) is 40.7 Å². The first-order valence-electron chi connectivity index (χ1n) is 10.1.